The summed E-state index contributed by atoms with van der Waals surface area (Å²) in [5.41, 5.74) is 1.93. The molecule has 2 aromatic heterocycles. The number of benzene rings is 1. The molecule has 0 fully saturated rings. The van der Waals surface area contributed by atoms with Crippen molar-refractivity contribution in [3.8, 4) is 11.1 Å². The molecular weight excluding hydrogens is 417 g/mol. The summed E-state index contributed by atoms with van der Waals surface area (Å²) in [5, 5.41) is 1.60. The summed E-state index contributed by atoms with van der Waals surface area (Å²) in [7, 11) is -1.11. The smallest absolute Gasteiger partial charge is 0.251 e. The van der Waals surface area contributed by atoms with Gasteiger partial charge in [-0.05, 0) is 47.0 Å². The summed E-state index contributed by atoms with van der Waals surface area (Å²) in [5.74, 6) is -0.254. The fourth-order valence-corrected chi connectivity index (χ4v) is 4.52. The van der Waals surface area contributed by atoms with Gasteiger partial charge >= 0.3 is 0 Å². The summed E-state index contributed by atoms with van der Waals surface area (Å²) < 4.78 is 26.3. The molecule has 0 bridgehead atoms. The number of amides is 1. The molecule has 1 aliphatic heterocycles. The molecule has 1 aromatic carbocycles. The van der Waals surface area contributed by atoms with E-state index in [0.717, 1.165) is 11.1 Å². The standard InChI is InChI=1S/C23H20FN3O3S/c24-20-3-1-18(2-4-20)19-7-11-26(22(28)13-19)15-23(29)27(21-8-12-31(30)16-21)14-17-5-9-25-10-6-17/h1-13,21H,14-16H2. The molecule has 6 nitrogen and oxygen atoms in total. The van der Waals surface area contributed by atoms with Gasteiger partial charge in [0.1, 0.15) is 12.4 Å². The minimum absolute atomic E-state index is 0.134. The SMILES string of the molecule is O=C(Cn1ccc(-c2ccc(F)cc2)cc1=O)N(Cc1ccncc1)C1C=CS(=O)C1. The van der Waals surface area contributed by atoms with Gasteiger partial charge in [-0.1, -0.05) is 18.2 Å². The zero-order valence-corrected chi connectivity index (χ0v) is 17.4. The number of carbonyl (C=O) groups excluding carboxylic acids is 1. The molecule has 3 aromatic rings. The highest BCUT2D eigenvalue weighted by Gasteiger charge is 2.27. The Morgan fingerprint density at radius 1 is 1.13 bits per heavy atom. The first-order valence-corrected chi connectivity index (χ1v) is 11.1. The Labute approximate surface area is 181 Å². The van der Waals surface area contributed by atoms with Gasteiger partial charge in [-0.2, -0.15) is 0 Å². The monoisotopic (exact) mass is 437 g/mol. The van der Waals surface area contributed by atoms with Crippen LogP contribution in [0.4, 0.5) is 4.39 Å². The Balaban J connectivity index is 1.55. The molecule has 3 heterocycles. The first-order valence-electron chi connectivity index (χ1n) is 9.70. The van der Waals surface area contributed by atoms with Crippen molar-refractivity contribution < 1.29 is 13.4 Å². The summed E-state index contributed by atoms with van der Waals surface area (Å²) in [6, 6.07) is 12.4. The predicted molar refractivity (Wildman–Crippen MR) is 117 cm³/mol. The molecule has 1 amide bonds. The second-order valence-corrected chi connectivity index (χ2v) is 8.58. The van der Waals surface area contributed by atoms with E-state index in [4.69, 9.17) is 0 Å². The van der Waals surface area contributed by atoms with E-state index in [-0.39, 0.29) is 29.9 Å². The quantitative estimate of drug-likeness (QED) is 0.595. The van der Waals surface area contributed by atoms with Crippen LogP contribution in [-0.4, -0.2) is 36.4 Å². The van der Waals surface area contributed by atoms with Crippen LogP contribution < -0.4 is 5.56 Å². The fourth-order valence-electron chi connectivity index (χ4n) is 3.42. The molecule has 158 valence electrons. The third kappa shape index (κ3) is 5.03. The Bertz CT molecular complexity index is 1190. The number of halogens is 1. The molecule has 2 atom stereocenters. The Kier molecular flexibility index (Phi) is 6.18. The minimum atomic E-state index is -1.11. The number of hydrogen-bond donors (Lipinski definition) is 0. The molecule has 8 heteroatoms. The first kappa shape index (κ1) is 20.9. The highest BCUT2D eigenvalue weighted by atomic mass is 32.2. The Hall–Kier alpha value is -3.39. The molecule has 0 radical (unpaired) electrons. The van der Waals surface area contributed by atoms with E-state index >= 15 is 0 Å². The second kappa shape index (κ2) is 9.18. The van der Waals surface area contributed by atoms with Crippen LogP contribution in [0.2, 0.25) is 0 Å². The van der Waals surface area contributed by atoms with E-state index in [0.29, 0.717) is 17.9 Å². The lowest BCUT2D eigenvalue weighted by Gasteiger charge is -2.28. The average molecular weight is 437 g/mol. The average Bonchev–Trinajstić information content (AvgIpc) is 3.20. The van der Waals surface area contributed by atoms with Gasteiger partial charge in [-0.25, -0.2) is 4.39 Å². The lowest BCUT2D eigenvalue weighted by molar-refractivity contribution is -0.133. The molecule has 1 aliphatic rings. The van der Waals surface area contributed by atoms with Crippen molar-refractivity contribution in [1.29, 1.82) is 0 Å². The van der Waals surface area contributed by atoms with Crippen LogP contribution in [0.15, 0.2) is 83.4 Å². The highest BCUT2D eigenvalue weighted by molar-refractivity contribution is 7.88. The number of carbonyl (C=O) groups is 1. The van der Waals surface area contributed by atoms with E-state index in [2.05, 4.69) is 4.98 Å². The number of hydrogen-bond acceptors (Lipinski definition) is 4. The number of nitrogens with zero attached hydrogens (tertiary/aromatic N) is 3. The fraction of sp³-hybridized carbons (Fsp3) is 0.174. The normalized spacial score (nSPS) is 17.6. The van der Waals surface area contributed by atoms with Gasteiger partial charge in [0.15, 0.2) is 0 Å². The number of aromatic nitrogens is 2. The van der Waals surface area contributed by atoms with Gasteiger partial charge in [-0.3, -0.25) is 18.8 Å². The first-order chi connectivity index (χ1) is 15.0. The van der Waals surface area contributed by atoms with Crippen LogP contribution in [0.1, 0.15) is 5.56 Å². The van der Waals surface area contributed by atoms with Crippen molar-refractivity contribution in [1.82, 2.24) is 14.5 Å². The number of pyridine rings is 2. The summed E-state index contributed by atoms with van der Waals surface area (Å²) in [6.07, 6.45) is 6.64. The summed E-state index contributed by atoms with van der Waals surface area (Å²) in [6.45, 7) is 0.195. The Morgan fingerprint density at radius 2 is 1.87 bits per heavy atom. The van der Waals surface area contributed by atoms with Crippen LogP contribution in [0.25, 0.3) is 11.1 Å². The van der Waals surface area contributed by atoms with Crippen molar-refractivity contribution in [2.45, 2.75) is 19.1 Å². The lowest BCUT2D eigenvalue weighted by atomic mass is 10.1. The maximum atomic E-state index is 13.1. The highest BCUT2D eigenvalue weighted by Crippen LogP contribution is 2.19. The summed E-state index contributed by atoms with van der Waals surface area (Å²) >= 11 is 0. The van der Waals surface area contributed by atoms with Crippen LogP contribution in [0.5, 0.6) is 0 Å². The van der Waals surface area contributed by atoms with Crippen LogP contribution in [0.3, 0.4) is 0 Å². The lowest BCUT2D eigenvalue weighted by Crippen LogP contribution is -2.43. The largest absolute Gasteiger partial charge is 0.329 e. The van der Waals surface area contributed by atoms with Gasteiger partial charge < -0.3 is 9.47 Å². The van der Waals surface area contributed by atoms with Crippen molar-refractivity contribution in [2.24, 2.45) is 0 Å². The van der Waals surface area contributed by atoms with E-state index in [1.165, 1.54) is 22.8 Å². The maximum Gasteiger partial charge on any atom is 0.251 e. The van der Waals surface area contributed by atoms with Gasteiger partial charge in [0.2, 0.25) is 5.91 Å². The van der Waals surface area contributed by atoms with Crippen molar-refractivity contribution in [3.63, 3.8) is 0 Å². The van der Waals surface area contributed by atoms with E-state index in [9.17, 15) is 18.2 Å². The summed E-state index contributed by atoms with van der Waals surface area (Å²) in [4.78, 5) is 31.4. The van der Waals surface area contributed by atoms with Crippen molar-refractivity contribution in [2.75, 3.05) is 5.75 Å². The molecular formula is C23H20FN3O3S. The second-order valence-electron chi connectivity index (χ2n) is 7.21. The third-order valence-electron chi connectivity index (χ3n) is 5.09. The molecule has 31 heavy (non-hydrogen) atoms. The molecule has 2 unspecified atom stereocenters. The van der Waals surface area contributed by atoms with E-state index in [1.807, 2.05) is 12.1 Å². The van der Waals surface area contributed by atoms with E-state index in [1.54, 1.807) is 53.2 Å². The molecule has 0 saturated heterocycles. The number of rotatable bonds is 6. The van der Waals surface area contributed by atoms with Crippen LogP contribution in [-0.2, 0) is 28.7 Å². The molecule has 0 N–H and O–H groups in total. The third-order valence-corrected chi connectivity index (χ3v) is 6.22. The van der Waals surface area contributed by atoms with Crippen LogP contribution in [0, 0.1) is 5.82 Å². The molecule has 0 spiro atoms. The van der Waals surface area contributed by atoms with Gasteiger partial charge in [0.25, 0.3) is 5.56 Å². The van der Waals surface area contributed by atoms with Crippen molar-refractivity contribution in [3.05, 3.63) is 100 Å². The topological polar surface area (TPSA) is 72.3 Å². The zero-order chi connectivity index (χ0) is 21.8. The molecule has 0 aliphatic carbocycles. The Morgan fingerprint density at radius 3 is 2.52 bits per heavy atom. The van der Waals surface area contributed by atoms with Gasteiger partial charge in [-0.15, -0.1) is 0 Å². The minimum Gasteiger partial charge on any atom is -0.329 e. The molecule has 4 rings (SSSR count). The van der Waals surface area contributed by atoms with Gasteiger partial charge in [0, 0.05) is 47.4 Å². The zero-order valence-electron chi connectivity index (χ0n) is 16.6. The van der Waals surface area contributed by atoms with Gasteiger partial charge in [0.05, 0.1) is 11.8 Å². The maximum absolute atomic E-state index is 13.1. The molecule has 0 saturated carbocycles. The van der Waals surface area contributed by atoms with E-state index < -0.39 is 10.8 Å². The predicted octanol–water partition coefficient (Wildman–Crippen LogP) is 2.72. The van der Waals surface area contributed by atoms with Crippen molar-refractivity contribution >= 4 is 16.7 Å². The van der Waals surface area contributed by atoms with Crippen LogP contribution >= 0.6 is 0 Å².